The number of hydrogen-bond donors (Lipinski definition) is 0. The number of aromatic nitrogens is 3. The molecule has 0 fully saturated rings. The molecule has 0 spiro atoms. The summed E-state index contributed by atoms with van der Waals surface area (Å²) in [6, 6.07) is 16.4. The van der Waals surface area contributed by atoms with Crippen LogP contribution in [0.5, 0.6) is 0 Å². The van der Waals surface area contributed by atoms with Crippen LogP contribution in [0.2, 0.25) is 0 Å². The molecular formula is C24H27N5O. The Hall–Kier alpha value is -3.28. The number of hydrazone groups is 1. The molecule has 0 radical (unpaired) electrons. The van der Waals surface area contributed by atoms with Crippen molar-refractivity contribution in [2.24, 2.45) is 5.10 Å². The third kappa shape index (κ3) is 3.77. The second-order valence-corrected chi connectivity index (χ2v) is 8.70. The highest BCUT2D eigenvalue weighted by atomic mass is 16.2. The summed E-state index contributed by atoms with van der Waals surface area (Å²) in [5.41, 5.74) is 5.34. The lowest BCUT2D eigenvalue weighted by atomic mass is 9.93. The molecule has 1 aliphatic rings. The van der Waals surface area contributed by atoms with Gasteiger partial charge in [0.05, 0.1) is 23.5 Å². The molecule has 0 saturated heterocycles. The first kappa shape index (κ1) is 20.0. The van der Waals surface area contributed by atoms with Crippen LogP contribution in [-0.2, 0) is 0 Å². The molecule has 2 heterocycles. The van der Waals surface area contributed by atoms with E-state index >= 15 is 0 Å². The van der Waals surface area contributed by atoms with Gasteiger partial charge in [-0.2, -0.15) is 5.10 Å². The van der Waals surface area contributed by atoms with Crippen LogP contribution < -0.4 is 0 Å². The van der Waals surface area contributed by atoms with Crippen LogP contribution in [0.25, 0.3) is 0 Å². The number of carbonyl (C=O) groups is 1. The lowest BCUT2D eigenvalue weighted by Gasteiger charge is -2.27. The molecule has 6 nitrogen and oxygen atoms in total. The van der Waals surface area contributed by atoms with Crippen molar-refractivity contribution < 1.29 is 4.79 Å². The first-order chi connectivity index (χ1) is 14.2. The van der Waals surface area contributed by atoms with E-state index in [1.807, 2.05) is 51.1 Å². The molecule has 1 amide bonds. The summed E-state index contributed by atoms with van der Waals surface area (Å²) in [5, 5.41) is 14.6. The molecule has 2 aromatic carbocycles. The van der Waals surface area contributed by atoms with Gasteiger partial charge in [-0.1, -0.05) is 64.9 Å². The molecule has 0 bridgehead atoms. The van der Waals surface area contributed by atoms with Crippen molar-refractivity contribution in [3.05, 3.63) is 82.7 Å². The minimum atomic E-state index is -0.432. The lowest BCUT2D eigenvalue weighted by Crippen LogP contribution is -2.41. The highest BCUT2D eigenvalue weighted by Crippen LogP contribution is 2.31. The number of hydrogen-bond acceptors (Lipinski definition) is 4. The van der Waals surface area contributed by atoms with Gasteiger partial charge in [-0.3, -0.25) is 4.79 Å². The van der Waals surface area contributed by atoms with E-state index in [9.17, 15) is 4.79 Å². The Morgan fingerprint density at radius 3 is 2.40 bits per heavy atom. The Balaban J connectivity index is 1.61. The summed E-state index contributed by atoms with van der Waals surface area (Å²) in [6.45, 7) is 10.2. The average molecular weight is 402 g/mol. The molecular weight excluding hydrogens is 374 g/mol. The van der Waals surface area contributed by atoms with Crippen LogP contribution in [-0.4, -0.2) is 37.2 Å². The Morgan fingerprint density at radius 1 is 1.07 bits per heavy atom. The molecule has 0 saturated carbocycles. The smallest absolute Gasteiger partial charge is 0.265 e. The van der Waals surface area contributed by atoms with Gasteiger partial charge < -0.3 is 0 Å². The van der Waals surface area contributed by atoms with Gasteiger partial charge in [0.15, 0.2) is 5.69 Å². The number of carbonyl (C=O) groups excluding carboxylic acids is 1. The zero-order valence-corrected chi connectivity index (χ0v) is 18.1. The van der Waals surface area contributed by atoms with E-state index in [1.165, 1.54) is 11.1 Å². The Bertz CT molecular complexity index is 1090. The summed E-state index contributed by atoms with van der Waals surface area (Å²) in [5.74, 6) is -0.231. The van der Waals surface area contributed by atoms with Gasteiger partial charge in [0.25, 0.3) is 5.91 Å². The fourth-order valence-electron chi connectivity index (χ4n) is 3.95. The molecule has 30 heavy (non-hydrogen) atoms. The fourth-order valence-corrected chi connectivity index (χ4v) is 3.95. The van der Waals surface area contributed by atoms with Gasteiger partial charge in [-0.15, -0.1) is 5.10 Å². The van der Waals surface area contributed by atoms with Crippen LogP contribution in [0.3, 0.4) is 0 Å². The van der Waals surface area contributed by atoms with Crippen molar-refractivity contribution in [2.45, 2.75) is 52.6 Å². The van der Waals surface area contributed by atoms with E-state index < -0.39 is 5.54 Å². The second-order valence-electron chi connectivity index (χ2n) is 8.70. The molecule has 6 heteroatoms. The van der Waals surface area contributed by atoms with Gasteiger partial charge in [-0.05, 0) is 45.7 Å². The van der Waals surface area contributed by atoms with Gasteiger partial charge in [0.2, 0.25) is 0 Å². The summed E-state index contributed by atoms with van der Waals surface area (Å²) in [6.07, 6.45) is 2.40. The third-order valence-electron chi connectivity index (χ3n) is 5.55. The predicted octanol–water partition coefficient (Wildman–Crippen LogP) is 4.53. The minimum absolute atomic E-state index is 0.0128. The Morgan fingerprint density at radius 2 is 1.73 bits per heavy atom. The molecule has 3 aromatic rings. The Kier molecular flexibility index (Phi) is 5.02. The molecule has 4 rings (SSSR count). The van der Waals surface area contributed by atoms with E-state index in [4.69, 9.17) is 5.10 Å². The van der Waals surface area contributed by atoms with Gasteiger partial charge in [0.1, 0.15) is 0 Å². The number of nitrogens with zero attached hydrogens (tertiary/aromatic N) is 5. The van der Waals surface area contributed by atoms with E-state index in [2.05, 4.69) is 42.4 Å². The quantitative estimate of drug-likeness (QED) is 0.645. The number of rotatable bonds is 4. The highest BCUT2D eigenvalue weighted by molar-refractivity contribution is 6.05. The van der Waals surface area contributed by atoms with Gasteiger partial charge in [-0.25, -0.2) is 9.69 Å². The number of benzene rings is 2. The van der Waals surface area contributed by atoms with Gasteiger partial charge in [0, 0.05) is 6.42 Å². The summed E-state index contributed by atoms with van der Waals surface area (Å²) in [7, 11) is 0. The maximum atomic E-state index is 13.2. The molecule has 1 aliphatic heterocycles. The Labute approximate surface area is 177 Å². The number of aryl methyl sites for hydroxylation is 2. The SMILES string of the molecule is Cc1cc(C)cc(C2=NN(C(=O)c3cn(C(C)c4ccccc4)nn3)C(C)(C)C2)c1. The van der Waals surface area contributed by atoms with E-state index in [-0.39, 0.29) is 11.9 Å². The molecule has 1 unspecified atom stereocenters. The first-order valence-corrected chi connectivity index (χ1v) is 10.2. The second kappa shape index (κ2) is 7.52. The maximum absolute atomic E-state index is 13.2. The van der Waals surface area contributed by atoms with E-state index in [0.29, 0.717) is 12.1 Å². The van der Waals surface area contributed by atoms with E-state index in [1.54, 1.807) is 15.9 Å². The standard InChI is InChI=1S/C24H27N5O/c1-16-11-17(2)13-20(12-16)21-14-24(4,5)29(26-21)23(30)22-15-28(27-25-22)18(3)19-9-7-6-8-10-19/h6-13,15,18H,14H2,1-5H3. The van der Waals surface area contributed by atoms with Crippen LogP contribution in [0.4, 0.5) is 0 Å². The third-order valence-corrected chi connectivity index (χ3v) is 5.55. The minimum Gasteiger partial charge on any atom is -0.265 e. The predicted molar refractivity (Wildman–Crippen MR) is 118 cm³/mol. The molecule has 0 N–H and O–H groups in total. The molecule has 1 aromatic heterocycles. The van der Waals surface area contributed by atoms with Crippen LogP contribution in [0, 0.1) is 13.8 Å². The molecule has 1 atom stereocenters. The average Bonchev–Trinajstić information content (AvgIpc) is 3.31. The van der Waals surface area contributed by atoms with Crippen molar-refractivity contribution >= 4 is 11.6 Å². The summed E-state index contributed by atoms with van der Waals surface area (Å²) >= 11 is 0. The zero-order valence-electron chi connectivity index (χ0n) is 18.1. The normalized spacial score (nSPS) is 16.4. The van der Waals surface area contributed by atoms with Crippen LogP contribution in [0.1, 0.15) is 66.0 Å². The van der Waals surface area contributed by atoms with Crippen molar-refractivity contribution in [1.82, 2.24) is 20.0 Å². The first-order valence-electron chi connectivity index (χ1n) is 10.2. The van der Waals surface area contributed by atoms with Crippen molar-refractivity contribution in [3.8, 4) is 0 Å². The topological polar surface area (TPSA) is 63.4 Å². The van der Waals surface area contributed by atoms with E-state index in [0.717, 1.165) is 16.8 Å². The summed E-state index contributed by atoms with van der Waals surface area (Å²) < 4.78 is 1.72. The van der Waals surface area contributed by atoms with Gasteiger partial charge >= 0.3 is 0 Å². The largest absolute Gasteiger partial charge is 0.296 e. The maximum Gasteiger partial charge on any atom is 0.296 e. The lowest BCUT2D eigenvalue weighted by molar-refractivity contribution is 0.0606. The zero-order chi connectivity index (χ0) is 21.5. The molecule has 0 aliphatic carbocycles. The van der Waals surface area contributed by atoms with Crippen molar-refractivity contribution in [3.63, 3.8) is 0 Å². The highest BCUT2D eigenvalue weighted by Gasteiger charge is 2.40. The van der Waals surface area contributed by atoms with Crippen LogP contribution >= 0.6 is 0 Å². The molecule has 154 valence electrons. The fraction of sp³-hybridized carbons (Fsp3) is 0.333. The number of amides is 1. The van der Waals surface area contributed by atoms with Crippen molar-refractivity contribution in [2.75, 3.05) is 0 Å². The summed E-state index contributed by atoms with van der Waals surface area (Å²) in [4.78, 5) is 13.2. The van der Waals surface area contributed by atoms with Crippen LogP contribution in [0.15, 0.2) is 59.8 Å². The van der Waals surface area contributed by atoms with Crippen molar-refractivity contribution in [1.29, 1.82) is 0 Å². The monoisotopic (exact) mass is 401 g/mol.